The van der Waals surface area contributed by atoms with Crippen molar-refractivity contribution in [2.24, 2.45) is 0 Å². The lowest BCUT2D eigenvalue weighted by Gasteiger charge is -2.09. The smallest absolute Gasteiger partial charge is 0.264 e. The molecule has 0 radical (unpaired) electrons. The molecule has 2 aromatic heterocycles. The van der Waals surface area contributed by atoms with Crippen LogP contribution < -0.4 is 10.1 Å². The van der Waals surface area contributed by atoms with Gasteiger partial charge in [-0.05, 0) is 35.7 Å². The summed E-state index contributed by atoms with van der Waals surface area (Å²) in [5, 5.41) is 5.15. The van der Waals surface area contributed by atoms with E-state index < -0.39 is 0 Å². The third-order valence-electron chi connectivity index (χ3n) is 3.57. The van der Waals surface area contributed by atoms with E-state index >= 15 is 0 Å². The second-order valence-electron chi connectivity index (χ2n) is 5.82. The zero-order valence-electron chi connectivity index (χ0n) is 14.1. The first-order chi connectivity index (χ1) is 12.1. The lowest BCUT2D eigenvalue weighted by atomic mass is 10.0. The van der Waals surface area contributed by atoms with Crippen LogP contribution >= 0.6 is 11.3 Å². The largest absolute Gasteiger partial charge is 0.484 e. The molecule has 128 valence electrons. The molecule has 0 saturated heterocycles. The lowest BCUT2D eigenvalue weighted by Crippen LogP contribution is -2.20. The summed E-state index contributed by atoms with van der Waals surface area (Å²) in [6.45, 7) is 4.18. The maximum absolute atomic E-state index is 12.1. The van der Waals surface area contributed by atoms with Gasteiger partial charge in [-0.2, -0.15) is 0 Å². The molecule has 6 heteroatoms. The second kappa shape index (κ2) is 7.90. The predicted molar refractivity (Wildman–Crippen MR) is 100 cm³/mol. The minimum Gasteiger partial charge on any atom is -0.484 e. The highest BCUT2D eigenvalue weighted by Gasteiger charge is 2.10. The van der Waals surface area contributed by atoms with Crippen molar-refractivity contribution >= 4 is 22.4 Å². The van der Waals surface area contributed by atoms with Crippen molar-refractivity contribution in [3.63, 3.8) is 0 Å². The van der Waals surface area contributed by atoms with Crippen LogP contribution in [-0.2, 0) is 4.79 Å². The number of hydrogen-bond acceptors (Lipinski definition) is 5. The van der Waals surface area contributed by atoms with Gasteiger partial charge in [-0.25, -0.2) is 4.98 Å². The van der Waals surface area contributed by atoms with Gasteiger partial charge in [0, 0.05) is 11.6 Å². The van der Waals surface area contributed by atoms with Crippen LogP contribution in [0.5, 0.6) is 5.75 Å². The molecule has 0 bridgehead atoms. The zero-order chi connectivity index (χ0) is 17.6. The number of hydrogen-bond donors (Lipinski definition) is 1. The monoisotopic (exact) mass is 353 g/mol. The van der Waals surface area contributed by atoms with Gasteiger partial charge in [0.05, 0.1) is 5.69 Å². The molecule has 0 spiro atoms. The quantitative estimate of drug-likeness (QED) is 0.716. The molecule has 0 aliphatic carbocycles. The first-order valence-corrected chi connectivity index (χ1v) is 8.89. The van der Waals surface area contributed by atoms with E-state index in [1.807, 2.05) is 47.8 Å². The van der Waals surface area contributed by atoms with E-state index in [9.17, 15) is 4.79 Å². The van der Waals surface area contributed by atoms with Gasteiger partial charge in [0.2, 0.25) is 0 Å². The van der Waals surface area contributed by atoms with Crippen molar-refractivity contribution in [3.8, 4) is 17.1 Å². The van der Waals surface area contributed by atoms with Crippen molar-refractivity contribution in [2.45, 2.75) is 19.8 Å². The minimum atomic E-state index is -0.239. The lowest BCUT2D eigenvalue weighted by molar-refractivity contribution is -0.118. The number of pyridine rings is 1. The number of amides is 1. The molecule has 3 aromatic rings. The first-order valence-electron chi connectivity index (χ1n) is 8.01. The number of anilines is 1. The predicted octanol–water partition coefficient (Wildman–Crippen LogP) is 4.35. The van der Waals surface area contributed by atoms with Gasteiger partial charge in [0.1, 0.15) is 11.4 Å². The van der Waals surface area contributed by atoms with Crippen molar-refractivity contribution in [1.82, 2.24) is 9.97 Å². The van der Waals surface area contributed by atoms with Crippen LogP contribution in [0.15, 0.2) is 54.0 Å². The van der Waals surface area contributed by atoms with Crippen LogP contribution in [0.1, 0.15) is 25.3 Å². The van der Waals surface area contributed by atoms with E-state index in [1.165, 1.54) is 16.9 Å². The number of carbonyl (C=O) groups excluding carboxylic acids is 1. The SMILES string of the molecule is CC(C)c1cccc(OCC(=O)Nc2nc(-c3ccccn3)cs2)c1. The Morgan fingerprint density at radius 3 is 2.84 bits per heavy atom. The Balaban J connectivity index is 1.56. The normalized spacial score (nSPS) is 10.7. The van der Waals surface area contributed by atoms with Crippen LogP contribution in [-0.4, -0.2) is 22.5 Å². The summed E-state index contributed by atoms with van der Waals surface area (Å²) in [5.41, 5.74) is 2.70. The van der Waals surface area contributed by atoms with Crippen molar-refractivity contribution in [3.05, 3.63) is 59.6 Å². The highest BCUT2D eigenvalue weighted by Crippen LogP contribution is 2.23. The number of ether oxygens (including phenoxy) is 1. The average molecular weight is 353 g/mol. The topological polar surface area (TPSA) is 64.1 Å². The van der Waals surface area contributed by atoms with Crippen LogP contribution in [0.3, 0.4) is 0 Å². The number of rotatable bonds is 6. The average Bonchev–Trinajstić information content (AvgIpc) is 3.09. The molecule has 0 atom stereocenters. The Morgan fingerprint density at radius 1 is 1.20 bits per heavy atom. The number of nitrogens with zero attached hydrogens (tertiary/aromatic N) is 2. The number of nitrogens with one attached hydrogen (secondary N) is 1. The summed E-state index contributed by atoms with van der Waals surface area (Å²) in [6.07, 6.45) is 1.71. The van der Waals surface area contributed by atoms with Gasteiger partial charge in [-0.1, -0.05) is 32.0 Å². The molecular weight excluding hydrogens is 334 g/mol. The van der Waals surface area contributed by atoms with Gasteiger partial charge in [0.15, 0.2) is 11.7 Å². The molecule has 0 aliphatic rings. The van der Waals surface area contributed by atoms with Crippen LogP contribution in [0.4, 0.5) is 5.13 Å². The molecule has 25 heavy (non-hydrogen) atoms. The number of benzene rings is 1. The third-order valence-corrected chi connectivity index (χ3v) is 4.33. The fraction of sp³-hybridized carbons (Fsp3) is 0.211. The Kier molecular flexibility index (Phi) is 5.40. The summed E-state index contributed by atoms with van der Waals surface area (Å²) in [5.74, 6) is 0.865. The number of thiazole rings is 1. The van der Waals surface area contributed by atoms with Crippen molar-refractivity contribution in [1.29, 1.82) is 0 Å². The molecular formula is C19H19N3O2S. The summed E-state index contributed by atoms with van der Waals surface area (Å²) in [7, 11) is 0. The molecule has 5 nitrogen and oxygen atoms in total. The number of aromatic nitrogens is 2. The molecule has 1 aromatic carbocycles. The van der Waals surface area contributed by atoms with Gasteiger partial charge in [0.25, 0.3) is 5.91 Å². The van der Waals surface area contributed by atoms with Crippen molar-refractivity contribution < 1.29 is 9.53 Å². The van der Waals surface area contributed by atoms with Gasteiger partial charge >= 0.3 is 0 Å². The molecule has 0 aliphatic heterocycles. The Hall–Kier alpha value is -2.73. The third kappa shape index (κ3) is 4.64. The van der Waals surface area contributed by atoms with Gasteiger partial charge in [-0.3, -0.25) is 15.1 Å². The molecule has 1 N–H and O–H groups in total. The molecule has 2 heterocycles. The zero-order valence-corrected chi connectivity index (χ0v) is 14.9. The van der Waals surface area contributed by atoms with E-state index in [2.05, 4.69) is 29.1 Å². The standard InChI is InChI=1S/C19H19N3O2S/c1-13(2)14-6-5-7-15(10-14)24-11-18(23)22-19-21-17(12-25-19)16-8-3-4-9-20-16/h3-10,12-13H,11H2,1-2H3,(H,21,22,23). The Morgan fingerprint density at radius 2 is 2.08 bits per heavy atom. The second-order valence-corrected chi connectivity index (χ2v) is 6.68. The summed E-state index contributed by atoms with van der Waals surface area (Å²) in [6, 6.07) is 13.4. The van der Waals surface area contributed by atoms with Crippen LogP contribution in [0.25, 0.3) is 11.4 Å². The molecule has 1 amide bonds. The maximum Gasteiger partial charge on any atom is 0.264 e. The van der Waals surface area contributed by atoms with E-state index in [-0.39, 0.29) is 12.5 Å². The fourth-order valence-electron chi connectivity index (χ4n) is 2.23. The summed E-state index contributed by atoms with van der Waals surface area (Å²) in [4.78, 5) is 20.7. The highest BCUT2D eigenvalue weighted by molar-refractivity contribution is 7.14. The molecule has 0 saturated carbocycles. The Bertz CT molecular complexity index is 847. The van der Waals surface area contributed by atoms with Crippen molar-refractivity contribution in [2.75, 3.05) is 11.9 Å². The maximum atomic E-state index is 12.1. The minimum absolute atomic E-state index is 0.0555. The van der Waals surface area contributed by atoms with Gasteiger partial charge in [-0.15, -0.1) is 11.3 Å². The van der Waals surface area contributed by atoms with E-state index in [0.29, 0.717) is 16.8 Å². The van der Waals surface area contributed by atoms with Crippen LogP contribution in [0.2, 0.25) is 0 Å². The molecule has 0 unspecified atom stereocenters. The summed E-state index contributed by atoms with van der Waals surface area (Å²) < 4.78 is 5.57. The fourth-order valence-corrected chi connectivity index (χ4v) is 2.95. The van der Waals surface area contributed by atoms with E-state index in [0.717, 1.165) is 11.4 Å². The number of carbonyl (C=O) groups is 1. The van der Waals surface area contributed by atoms with Gasteiger partial charge < -0.3 is 4.74 Å². The first kappa shape index (κ1) is 17.1. The summed E-state index contributed by atoms with van der Waals surface area (Å²) >= 11 is 1.36. The van der Waals surface area contributed by atoms with Crippen LogP contribution in [0, 0.1) is 0 Å². The molecule has 3 rings (SSSR count). The van der Waals surface area contributed by atoms with E-state index in [4.69, 9.17) is 4.74 Å². The Labute approximate surface area is 150 Å². The highest BCUT2D eigenvalue weighted by atomic mass is 32.1. The van der Waals surface area contributed by atoms with E-state index in [1.54, 1.807) is 6.20 Å². The molecule has 0 fully saturated rings.